The van der Waals surface area contributed by atoms with Gasteiger partial charge in [0.15, 0.2) is 0 Å². The quantitative estimate of drug-likeness (QED) is 0.733. The molecule has 0 bridgehead atoms. The molecule has 1 N–H and O–H groups in total. The molecule has 0 spiro atoms. The van der Waals surface area contributed by atoms with Crippen LogP contribution in [0.2, 0.25) is 0 Å². The second-order valence-electron chi connectivity index (χ2n) is 4.77. The first-order valence-electron chi connectivity index (χ1n) is 6.33. The molecule has 3 heteroatoms. The van der Waals surface area contributed by atoms with Gasteiger partial charge < -0.3 is 5.32 Å². The molecule has 0 saturated carbocycles. The number of hydrogen-bond donors (Lipinski definition) is 1. The Kier molecular flexibility index (Phi) is 2.99. The molecule has 96 valence electrons. The van der Waals surface area contributed by atoms with E-state index in [1.807, 2.05) is 7.05 Å². The smallest absolute Gasteiger partial charge is 0.124 e. The SMILES string of the molecule is CNc1ccc(-c2nc3ccc(C)cc3s2)cc1C. The summed E-state index contributed by atoms with van der Waals surface area (Å²) in [6.07, 6.45) is 0. The molecule has 3 aromatic rings. The van der Waals surface area contributed by atoms with E-state index in [1.54, 1.807) is 11.3 Å². The van der Waals surface area contributed by atoms with Crippen LogP contribution in [-0.4, -0.2) is 12.0 Å². The molecule has 0 aliphatic carbocycles. The summed E-state index contributed by atoms with van der Waals surface area (Å²) < 4.78 is 1.25. The van der Waals surface area contributed by atoms with Crippen molar-refractivity contribution >= 4 is 27.2 Å². The van der Waals surface area contributed by atoms with Crippen LogP contribution in [0, 0.1) is 13.8 Å². The summed E-state index contributed by atoms with van der Waals surface area (Å²) in [5, 5.41) is 4.28. The van der Waals surface area contributed by atoms with Crippen LogP contribution < -0.4 is 5.32 Å². The Morgan fingerprint density at radius 2 is 1.89 bits per heavy atom. The first-order chi connectivity index (χ1) is 9.17. The van der Waals surface area contributed by atoms with Gasteiger partial charge in [-0.15, -0.1) is 11.3 Å². The minimum atomic E-state index is 1.08. The minimum absolute atomic E-state index is 1.08. The fourth-order valence-corrected chi connectivity index (χ4v) is 3.29. The molecule has 0 fully saturated rings. The van der Waals surface area contributed by atoms with Crippen molar-refractivity contribution in [2.45, 2.75) is 13.8 Å². The van der Waals surface area contributed by atoms with Crippen LogP contribution in [0.1, 0.15) is 11.1 Å². The van der Waals surface area contributed by atoms with E-state index in [-0.39, 0.29) is 0 Å². The summed E-state index contributed by atoms with van der Waals surface area (Å²) in [6, 6.07) is 12.8. The van der Waals surface area contributed by atoms with Crippen molar-refractivity contribution in [1.82, 2.24) is 4.98 Å². The fraction of sp³-hybridized carbons (Fsp3) is 0.188. The molecule has 0 aliphatic heterocycles. The van der Waals surface area contributed by atoms with Gasteiger partial charge in [0.1, 0.15) is 5.01 Å². The number of fused-ring (bicyclic) bond motifs is 1. The third kappa shape index (κ3) is 2.22. The lowest BCUT2D eigenvalue weighted by atomic mass is 10.1. The van der Waals surface area contributed by atoms with Gasteiger partial charge in [-0.2, -0.15) is 0 Å². The lowest BCUT2D eigenvalue weighted by Crippen LogP contribution is -1.91. The molecular weight excluding hydrogens is 252 g/mol. The maximum Gasteiger partial charge on any atom is 0.124 e. The number of nitrogens with one attached hydrogen (secondary N) is 1. The highest BCUT2D eigenvalue weighted by Gasteiger charge is 2.07. The van der Waals surface area contributed by atoms with Gasteiger partial charge in [-0.3, -0.25) is 0 Å². The average Bonchev–Trinajstić information content (AvgIpc) is 2.81. The molecule has 0 amide bonds. The predicted octanol–water partition coefficient (Wildman–Crippen LogP) is 4.62. The molecule has 19 heavy (non-hydrogen) atoms. The highest BCUT2D eigenvalue weighted by molar-refractivity contribution is 7.21. The van der Waals surface area contributed by atoms with Crippen molar-refractivity contribution in [1.29, 1.82) is 0 Å². The summed E-state index contributed by atoms with van der Waals surface area (Å²) in [5.74, 6) is 0. The highest BCUT2D eigenvalue weighted by Crippen LogP contribution is 2.32. The van der Waals surface area contributed by atoms with Gasteiger partial charge in [-0.25, -0.2) is 4.98 Å². The van der Waals surface area contributed by atoms with Crippen molar-refractivity contribution in [2.75, 3.05) is 12.4 Å². The number of rotatable bonds is 2. The van der Waals surface area contributed by atoms with Crippen LogP contribution in [0.3, 0.4) is 0 Å². The van der Waals surface area contributed by atoms with Crippen molar-refractivity contribution in [3.8, 4) is 10.6 Å². The van der Waals surface area contributed by atoms with Crippen LogP contribution in [0.25, 0.3) is 20.8 Å². The van der Waals surface area contributed by atoms with Gasteiger partial charge in [-0.05, 0) is 55.3 Å². The Labute approximate surface area is 117 Å². The Balaban J connectivity index is 2.11. The predicted molar refractivity (Wildman–Crippen MR) is 84.1 cm³/mol. The van der Waals surface area contributed by atoms with Gasteiger partial charge in [-0.1, -0.05) is 6.07 Å². The van der Waals surface area contributed by atoms with Crippen LogP contribution in [0.15, 0.2) is 36.4 Å². The largest absolute Gasteiger partial charge is 0.388 e. The normalized spacial score (nSPS) is 10.9. The van der Waals surface area contributed by atoms with Crippen molar-refractivity contribution in [3.05, 3.63) is 47.5 Å². The van der Waals surface area contributed by atoms with E-state index in [9.17, 15) is 0 Å². The van der Waals surface area contributed by atoms with Gasteiger partial charge in [0.05, 0.1) is 10.2 Å². The number of aromatic nitrogens is 1. The second-order valence-corrected chi connectivity index (χ2v) is 5.80. The highest BCUT2D eigenvalue weighted by atomic mass is 32.1. The lowest BCUT2D eigenvalue weighted by Gasteiger charge is -2.05. The maximum absolute atomic E-state index is 4.72. The number of hydrogen-bond acceptors (Lipinski definition) is 3. The van der Waals surface area contributed by atoms with Crippen LogP contribution in [-0.2, 0) is 0 Å². The van der Waals surface area contributed by atoms with Gasteiger partial charge >= 0.3 is 0 Å². The third-order valence-corrected chi connectivity index (χ3v) is 4.35. The van der Waals surface area contributed by atoms with Crippen LogP contribution in [0.4, 0.5) is 5.69 Å². The Bertz CT molecular complexity index is 744. The molecule has 2 aromatic carbocycles. The van der Waals surface area contributed by atoms with E-state index in [2.05, 4.69) is 55.6 Å². The van der Waals surface area contributed by atoms with Crippen molar-refractivity contribution in [3.63, 3.8) is 0 Å². The zero-order chi connectivity index (χ0) is 13.4. The molecular formula is C16H16N2S. The van der Waals surface area contributed by atoms with Crippen molar-refractivity contribution in [2.24, 2.45) is 0 Å². The molecule has 0 radical (unpaired) electrons. The van der Waals surface area contributed by atoms with E-state index in [4.69, 9.17) is 4.98 Å². The summed E-state index contributed by atoms with van der Waals surface area (Å²) >= 11 is 1.76. The summed E-state index contributed by atoms with van der Waals surface area (Å²) in [5.41, 5.74) is 5.97. The topological polar surface area (TPSA) is 24.9 Å². The van der Waals surface area contributed by atoms with Gasteiger partial charge in [0, 0.05) is 18.3 Å². The maximum atomic E-state index is 4.72. The van der Waals surface area contributed by atoms with Crippen LogP contribution >= 0.6 is 11.3 Å². The number of aryl methyl sites for hydroxylation is 2. The second kappa shape index (κ2) is 4.67. The molecule has 0 atom stereocenters. The monoisotopic (exact) mass is 268 g/mol. The Hall–Kier alpha value is -1.87. The molecule has 0 aliphatic rings. The van der Waals surface area contributed by atoms with E-state index >= 15 is 0 Å². The minimum Gasteiger partial charge on any atom is -0.388 e. The molecule has 1 heterocycles. The number of anilines is 1. The van der Waals surface area contributed by atoms with Crippen LogP contribution in [0.5, 0.6) is 0 Å². The van der Waals surface area contributed by atoms with E-state index < -0.39 is 0 Å². The summed E-state index contributed by atoms with van der Waals surface area (Å²) in [6.45, 7) is 4.23. The molecule has 3 rings (SSSR count). The van der Waals surface area contributed by atoms with Gasteiger partial charge in [0.25, 0.3) is 0 Å². The first kappa shape index (κ1) is 12.2. The first-order valence-corrected chi connectivity index (χ1v) is 7.15. The number of nitrogens with zero attached hydrogens (tertiary/aromatic N) is 1. The molecule has 0 saturated heterocycles. The Morgan fingerprint density at radius 1 is 1.05 bits per heavy atom. The molecule has 0 unspecified atom stereocenters. The number of thiazole rings is 1. The van der Waals surface area contributed by atoms with E-state index in [1.165, 1.54) is 27.1 Å². The standard InChI is InChI=1S/C16H16N2S/c1-10-4-6-14-15(8-10)19-16(18-14)12-5-7-13(17-3)11(2)9-12/h4-9,17H,1-3H3. The summed E-state index contributed by atoms with van der Waals surface area (Å²) in [7, 11) is 1.95. The van der Waals surface area contributed by atoms with Crippen molar-refractivity contribution < 1.29 is 0 Å². The van der Waals surface area contributed by atoms with E-state index in [0.717, 1.165) is 10.5 Å². The zero-order valence-corrected chi connectivity index (χ0v) is 12.1. The number of benzene rings is 2. The zero-order valence-electron chi connectivity index (χ0n) is 11.3. The lowest BCUT2D eigenvalue weighted by molar-refractivity contribution is 1.39. The summed E-state index contributed by atoms with van der Waals surface area (Å²) in [4.78, 5) is 4.72. The third-order valence-electron chi connectivity index (χ3n) is 3.29. The van der Waals surface area contributed by atoms with E-state index in [0.29, 0.717) is 0 Å². The molecule has 2 nitrogen and oxygen atoms in total. The average molecular weight is 268 g/mol. The molecule has 1 aromatic heterocycles. The Morgan fingerprint density at radius 3 is 2.63 bits per heavy atom. The van der Waals surface area contributed by atoms with Gasteiger partial charge in [0.2, 0.25) is 0 Å². The fourth-order valence-electron chi connectivity index (χ4n) is 2.23.